The number of thioether (sulfide) groups is 1. The standard InChI is InChI=1S/C78H134N16O20S2/c1-8-9-10-11-12-13-14-15-16-17-18-19-20-21-25-35-62(100)114-39-40-116-46-59(72(107)84-52(32-26-27-36-79)66(101)93-65(50(7)97)77(112)113)91-75(110)64(49(6)96)92-73(108)60-34-29-38-94(60)76(111)53(33-28-37-83-78(81)82)85-70(105)57(44-95)89-67(102)54(41-47(2)3)86-68(103)55(42-51-30-23-22-24-31-51)87-71(106)58(45-115)90-69(104)56(43-61(98)99)88-74(109)63(80)48(4)5/h22-24,30-31,47-50,52-60,63-65,95-97,115H,8-21,25-29,32-46,79-80H2,1-7H3,(H,84,107)(H,85,105)(H,86,103)(H,87,106)(H,88,109)(H,89,102)(H,90,104)(H,91,110)(H,92,108)(H,93,101)(H,98,99)(H,112,113)(H4,81,82,83)/t49-,50-,52+,53+,54+,55+,56+,57+,58+,59+,60+,63+,64+,65+/m1/s1. The number of unbranched alkanes of at least 4 members (excludes halogenated alkanes) is 15. The minimum atomic E-state index is -1.83. The number of ether oxygens (including phenoxy) is 1. The molecule has 2 rings (SSSR count). The van der Waals surface area contributed by atoms with Crippen molar-refractivity contribution in [1.29, 1.82) is 0 Å². The molecule has 658 valence electrons. The van der Waals surface area contributed by atoms with Crippen LogP contribution < -0.4 is 76.1 Å². The maximum absolute atomic E-state index is 14.9. The van der Waals surface area contributed by atoms with Crippen molar-refractivity contribution in [3.8, 4) is 0 Å². The molecule has 1 aliphatic rings. The number of nitrogens with two attached hydrogens (primary N) is 4. The fraction of sp³-hybridized carbons (Fsp3) is 0.731. The smallest absolute Gasteiger partial charge is 0.328 e. The molecule has 0 radical (unpaired) electrons. The number of nitrogens with zero attached hydrogens (tertiary/aromatic N) is 2. The monoisotopic (exact) mass is 1680 g/mol. The fourth-order valence-electron chi connectivity index (χ4n) is 12.6. The minimum Gasteiger partial charge on any atom is -0.481 e. The number of amides is 11. The number of likely N-dealkylation sites (tertiary alicyclic amines) is 1. The van der Waals surface area contributed by atoms with Crippen LogP contribution in [0.3, 0.4) is 0 Å². The molecule has 1 saturated heterocycles. The van der Waals surface area contributed by atoms with E-state index in [2.05, 4.69) is 77.7 Å². The lowest BCUT2D eigenvalue weighted by Crippen LogP contribution is -2.62. The molecule has 14 atom stereocenters. The number of aliphatic imine (C=N–C) groups is 1. The van der Waals surface area contributed by atoms with Crippen LogP contribution in [0.2, 0.25) is 0 Å². The third-order valence-corrected chi connectivity index (χ3v) is 20.8. The molecule has 36 nitrogen and oxygen atoms in total. The van der Waals surface area contributed by atoms with Crippen LogP contribution in [-0.2, 0) is 78.3 Å². The molecule has 11 amide bonds. The van der Waals surface area contributed by atoms with Crippen molar-refractivity contribution in [2.24, 2.45) is 39.8 Å². The summed E-state index contributed by atoms with van der Waals surface area (Å²) in [5, 5.41) is 76.2. The van der Waals surface area contributed by atoms with E-state index in [1.54, 1.807) is 58.0 Å². The van der Waals surface area contributed by atoms with Crippen LogP contribution in [0, 0.1) is 11.8 Å². The topological polar surface area (TPSA) is 589 Å². The Morgan fingerprint density at radius 1 is 0.569 bits per heavy atom. The average molecular weight is 1680 g/mol. The van der Waals surface area contributed by atoms with Gasteiger partial charge in [-0.2, -0.15) is 24.4 Å². The largest absolute Gasteiger partial charge is 0.481 e. The van der Waals surface area contributed by atoms with Crippen molar-refractivity contribution in [2.75, 3.05) is 50.1 Å². The van der Waals surface area contributed by atoms with E-state index in [-0.39, 0.29) is 107 Å². The van der Waals surface area contributed by atoms with Gasteiger partial charge in [0.1, 0.15) is 67.0 Å². The Hall–Kier alpha value is -8.43. The molecule has 1 aromatic carbocycles. The van der Waals surface area contributed by atoms with E-state index in [9.17, 15) is 92.7 Å². The van der Waals surface area contributed by atoms with Crippen LogP contribution in [0.25, 0.3) is 0 Å². The molecule has 1 fully saturated rings. The van der Waals surface area contributed by atoms with Crippen molar-refractivity contribution in [3.05, 3.63) is 35.9 Å². The summed E-state index contributed by atoms with van der Waals surface area (Å²) < 4.78 is 5.49. The van der Waals surface area contributed by atoms with Crippen molar-refractivity contribution < 1.29 is 97.4 Å². The molecule has 0 spiro atoms. The average Bonchev–Trinajstić information content (AvgIpc) is 1.62. The normalized spacial score (nSPS) is 16.0. The summed E-state index contributed by atoms with van der Waals surface area (Å²) in [5.74, 6) is -15.8. The Balaban J connectivity index is 2.41. The number of aliphatic hydroxyl groups is 3. The van der Waals surface area contributed by atoms with Crippen LogP contribution in [0.5, 0.6) is 0 Å². The third kappa shape index (κ3) is 41.6. The molecule has 0 bridgehead atoms. The van der Waals surface area contributed by atoms with Gasteiger partial charge in [0, 0.05) is 43.2 Å². The first kappa shape index (κ1) is 104. The number of esters is 1. The number of benzene rings is 1. The maximum atomic E-state index is 14.9. The Labute approximate surface area is 691 Å². The number of carbonyl (C=O) groups excluding carboxylic acids is 12. The zero-order valence-electron chi connectivity index (χ0n) is 68.6. The van der Waals surface area contributed by atoms with Gasteiger partial charge >= 0.3 is 17.9 Å². The second kappa shape index (κ2) is 58.4. The van der Waals surface area contributed by atoms with Gasteiger partial charge in [-0.25, -0.2) is 4.79 Å². The molecule has 1 heterocycles. The highest BCUT2D eigenvalue weighted by Gasteiger charge is 2.42. The number of carbonyl (C=O) groups is 14. The van der Waals surface area contributed by atoms with Crippen LogP contribution in [-0.4, -0.2) is 254 Å². The molecular weight excluding hydrogens is 1550 g/mol. The van der Waals surface area contributed by atoms with Crippen LogP contribution >= 0.6 is 24.4 Å². The number of thiol groups is 1. The zero-order chi connectivity index (χ0) is 86.8. The third-order valence-electron chi connectivity index (χ3n) is 19.4. The van der Waals surface area contributed by atoms with Crippen LogP contribution in [0.15, 0.2) is 35.3 Å². The van der Waals surface area contributed by atoms with Crippen LogP contribution in [0.1, 0.15) is 215 Å². The number of aliphatic hydroxyl groups excluding tert-OH is 3. The van der Waals surface area contributed by atoms with E-state index in [1.807, 2.05) is 0 Å². The number of guanidine groups is 1. The molecular formula is C78H134N16O20S2. The highest BCUT2D eigenvalue weighted by atomic mass is 32.2. The van der Waals surface area contributed by atoms with Gasteiger partial charge in [0.05, 0.1) is 31.3 Å². The summed E-state index contributed by atoms with van der Waals surface area (Å²) in [6, 6.07) is -10.3. The van der Waals surface area contributed by atoms with E-state index in [0.717, 1.165) is 49.3 Å². The first-order chi connectivity index (χ1) is 55.1. The predicted octanol–water partition coefficient (Wildman–Crippen LogP) is 0.0610. The van der Waals surface area contributed by atoms with Gasteiger partial charge < -0.3 is 111 Å². The highest BCUT2D eigenvalue weighted by Crippen LogP contribution is 2.22. The Morgan fingerprint density at radius 3 is 1.60 bits per heavy atom. The molecule has 0 unspecified atom stereocenters. The number of hydrogen-bond donors (Lipinski definition) is 20. The second-order valence-corrected chi connectivity index (χ2v) is 31.8. The zero-order valence-corrected chi connectivity index (χ0v) is 70.3. The molecule has 0 aliphatic carbocycles. The maximum Gasteiger partial charge on any atom is 0.328 e. The van der Waals surface area contributed by atoms with Gasteiger partial charge in [-0.1, -0.05) is 155 Å². The summed E-state index contributed by atoms with van der Waals surface area (Å²) in [5.41, 5.74) is 23.4. The lowest BCUT2D eigenvalue weighted by Gasteiger charge is -2.31. The number of aliphatic carboxylic acids is 2. The van der Waals surface area contributed by atoms with Crippen molar-refractivity contribution >= 4 is 113 Å². The minimum absolute atomic E-state index is 0.0114. The number of nitrogens with one attached hydrogen (secondary N) is 10. The lowest BCUT2D eigenvalue weighted by molar-refractivity contribution is -0.145. The lowest BCUT2D eigenvalue weighted by atomic mass is 10.0. The summed E-state index contributed by atoms with van der Waals surface area (Å²) >= 11 is 5.30. The number of hydrogen-bond acceptors (Lipinski definition) is 23. The van der Waals surface area contributed by atoms with Gasteiger partial charge in [0.2, 0.25) is 65.0 Å². The fourth-order valence-corrected chi connectivity index (χ4v) is 13.7. The van der Waals surface area contributed by atoms with Crippen molar-refractivity contribution in [3.63, 3.8) is 0 Å². The Bertz CT molecular complexity index is 3250. The predicted molar refractivity (Wildman–Crippen MR) is 441 cm³/mol. The van der Waals surface area contributed by atoms with Gasteiger partial charge in [-0.15, -0.1) is 0 Å². The number of carboxylic acids is 2. The van der Waals surface area contributed by atoms with Gasteiger partial charge in [0.15, 0.2) is 12.0 Å². The molecule has 0 aromatic heterocycles. The summed E-state index contributed by atoms with van der Waals surface area (Å²) in [6.07, 6.45) is 13.8. The second-order valence-electron chi connectivity index (χ2n) is 30.3. The van der Waals surface area contributed by atoms with E-state index in [0.29, 0.717) is 18.4 Å². The van der Waals surface area contributed by atoms with E-state index in [1.165, 1.54) is 71.1 Å². The highest BCUT2D eigenvalue weighted by molar-refractivity contribution is 7.99. The van der Waals surface area contributed by atoms with Crippen molar-refractivity contribution in [1.82, 2.24) is 58.1 Å². The number of carboxylic acid groups (broad SMARTS) is 2. The summed E-state index contributed by atoms with van der Waals surface area (Å²) in [6.45, 7) is 10.1. The first-order valence-electron chi connectivity index (χ1n) is 40.8. The van der Waals surface area contributed by atoms with E-state index < -0.39 is 192 Å². The van der Waals surface area contributed by atoms with Gasteiger partial charge in [-0.3, -0.25) is 67.3 Å². The van der Waals surface area contributed by atoms with Crippen molar-refractivity contribution in [2.45, 2.75) is 300 Å². The van der Waals surface area contributed by atoms with Gasteiger partial charge in [0.25, 0.3) is 0 Å². The first-order valence-corrected chi connectivity index (χ1v) is 42.5. The Kier molecular flexibility index (Phi) is 52.2. The quantitative estimate of drug-likeness (QED) is 0.0135. The number of rotatable bonds is 62. The molecule has 23 N–H and O–H groups in total. The molecule has 0 saturated carbocycles. The molecule has 1 aliphatic heterocycles. The molecule has 1 aromatic rings. The summed E-state index contributed by atoms with van der Waals surface area (Å²) in [4.78, 5) is 197. The molecule has 116 heavy (non-hydrogen) atoms. The van der Waals surface area contributed by atoms with Gasteiger partial charge in [-0.05, 0) is 95.6 Å². The van der Waals surface area contributed by atoms with E-state index >= 15 is 0 Å². The molecule has 38 heteroatoms. The van der Waals surface area contributed by atoms with Crippen LogP contribution in [0.4, 0.5) is 0 Å². The summed E-state index contributed by atoms with van der Waals surface area (Å²) in [7, 11) is 0. The SMILES string of the molecule is CCCCCCCCCCCCCCCCCC(=O)OCCSC[C@H](NC(=O)[C@@H](NC(=O)[C@@H]1CCCN1C(=O)[C@H](CCCN=C(N)N)NC(=O)[C@H](CO)NC(=O)[C@H](CC(C)C)NC(=O)[C@H](Cc1ccccc1)NC(=O)[C@H](CS)NC(=O)[C@H](CC(=O)O)NC(=O)[C@@H](N)C(C)C)[C@@H](C)O)C(=O)N[C@@H](CCCCN)C(=O)N[C@H](C(=O)O)[C@@H](C)O. The Morgan fingerprint density at radius 2 is 1.06 bits per heavy atom. The van der Waals surface area contributed by atoms with E-state index in [4.69, 9.17) is 27.7 Å².